The second kappa shape index (κ2) is 4.59. The van der Waals surface area contributed by atoms with Crippen molar-refractivity contribution in [3.8, 4) is 0 Å². The largest absolute Gasteiger partial charge is 0.398 e. The summed E-state index contributed by atoms with van der Waals surface area (Å²) in [6.07, 6.45) is 7.15. The van der Waals surface area contributed by atoms with Crippen molar-refractivity contribution in [1.82, 2.24) is 4.98 Å². The van der Waals surface area contributed by atoms with Gasteiger partial charge < -0.3 is 5.73 Å². The summed E-state index contributed by atoms with van der Waals surface area (Å²) >= 11 is 0. The summed E-state index contributed by atoms with van der Waals surface area (Å²) in [5, 5.41) is 1.13. The minimum Gasteiger partial charge on any atom is -0.398 e. The molecular weight excluding hydrogens is 256 g/mol. The van der Waals surface area contributed by atoms with Crippen molar-refractivity contribution in [3.05, 3.63) is 46.7 Å². The first kappa shape index (κ1) is 12.9. The lowest BCUT2D eigenvalue weighted by Gasteiger charge is -2.35. The Kier molecular flexibility index (Phi) is 2.81. The number of hydrogen-bond acceptors (Lipinski definition) is 2. The Morgan fingerprint density at radius 2 is 2.14 bits per heavy atom. The van der Waals surface area contributed by atoms with E-state index in [0.717, 1.165) is 23.0 Å². The van der Waals surface area contributed by atoms with E-state index < -0.39 is 0 Å². The fourth-order valence-electron chi connectivity index (χ4n) is 4.19. The molecule has 0 saturated carbocycles. The molecule has 4 rings (SSSR count). The van der Waals surface area contributed by atoms with Gasteiger partial charge in [0, 0.05) is 22.3 Å². The van der Waals surface area contributed by atoms with Gasteiger partial charge in [-0.05, 0) is 56.1 Å². The second-order valence-corrected chi connectivity index (χ2v) is 6.69. The molecule has 0 unspecified atom stereocenters. The van der Waals surface area contributed by atoms with Crippen LogP contribution in [-0.2, 0) is 6.42 Å². The van der Waals surface area contributed by atoms with Crippen molar-refractivity contribution in [3.63, 3.8) is 0 Å². The zero-order chi connectivity index (χ0) is 14.6. The molecule has 2 N–H and O–H groups in total. The van der Waals surface area contributed by atoms with Crippen molar-refractivity contribution < 1.29 is 0 Å². The van der Waals surface area contributed by atoms with Gasteiger partial charge in [0.15, 0.2) is 0 Å². The molecular formula is C19H22N2. The highest BCUT2D eigenvalue weighted by atomic mass is 14.7. The van der Waals surface area contributed by atoms with Gasteiger partial charge >= 0.3 is 0 Å². The average molecular weight is 278 g/mol. The van der Waals surface area contributed by atoms with Gasteiger partial charge in [-0.15, -0.1) is 0 Å². The minimum absolute atomic E-state index is 0.580. The van der Waals surface area contributed by atoms with Gasteiger partial charge in [-0.2, -0.15) is 0 Å². The molecule has 108 valence electrons. The van der Waals surface area contributed by atoms with Crippen LogP contribution in [0.2, 0.25) is 0 Å². The standard InChI is InChI=1S/C19H22N2/c1-3-12-7-13-9-14(8-12)18-17(10-13)21-16-6-11(2)4-5-15(16)19(18)20/h4-7,13-14H,3,8-10H2,1-2H3,(H2,20,21)/t13-,14+/m0/s1. The number of allylic oxidation sites excluding steroid dienone is 2. The number of rotatable bonds is 1. The molecule has 0 fully saturated rings. The maximum absolute atomic E-state index is 6.55. The molecule has 2 atom stereocenters. The smallest absolute Gasteiger partial charge is 0.0728 e. The van der Waals surface area contributed by atoms with Crippen LogP contribution in [0.4, 0.5) is 5.69 Å². The van der Waals surface area contributed by atoms with Gasteiger partial charge in [-0.3, -0.25) is 4.98 Å². The molecule has 2 aliphatic rings. The minimum atomic E-state index is 0.580. The molecule has 0 amide bonds. The van der Waals surface area contributed by atoms with E-state index in [4.69, 9.17) is 10.7 Å². The second-order valence-electron chi connectivity index (χ2n) is 6.69. The summed E-state index contributed by atoms with van der Waals surface area (Å²) in [4.78, 5) is 4.96. The third-order valence-corrected chi connectivity index (χ3v) is 5.19. The molecule has 1 heterocycles. The van der Waals surface area contributed by atoms with Gasteiger partial charge in [0.2, 0.25) is 0 Å². The summed E-state index contributed by atoms with van der Waals surface area (Å²) in [6, 6.07) is 6.43. The number of benzene rings is 1. The maximum Gasteiger partial charge on any atom is 0.0728 e. The molecule has 2 heteroatoms. The fourth-order valence-corrected chi connectivity index (χ4v) is 4.19. The van der Waals surface area contributed by atoms with E-state index >= 15 is 0 Å². The maximum atomic E-state index is 6.55. The van der Waals surface area contributed by atoms with E-state index in [0.29, 0.717) is 11.8 Å². The number of nitrogen functional groups attached to an aromatic ring is 1. The van der Waals surface area contributed by atoms with Crippen molar-refractivity contribution in [2.24, 2.45) is 5.92 Å². The van der Waals surface area contributed by atoms with Crippen LogP contribution in [0.1, 0.15) is 48.9 Å². The van der Waals surface area contributed by atoms with Gasteiger partial charge in [-0.25, -0.2) is 0 Å². The summed E-state index contributed by atoms with van der Waals surface area (Å²) in [5.74, 6) is 1.25. The van der Waals surface area contributed by atoms with Crippen molar-refractivity contribution in [1.29, 1.82) is 0 Å². The molecule has 21 heavy (non-hydrogen) atoms. The first-order valence-corrected chi connectivity index (χ1v) is 8.04. The van der Waals surface area contributed by atoms with E-state index in [2.05, 4.69) is 38.1 Å². The monoisotopic (exact) mass is 278 g/mol. The van der Waals surface area contributed by atoms with Crippen LogP contribution in [0.15, 0.2) is 29.8 Å². The Hall–Kier alpha value is -1.83. The van der Waals surface area contributed by atoms with Gasteiger partial charge in [-0.1, -0.05) is 30.7 Å². The highest BCUT2D eigenvalue weighted by molar-refractivity contribution is 5.93. The van der Waals surface area contributed by atoms with Gasteiger partial charge in [0.05, 0.1) is 5.52 Å². The fraction of sp³-hybridized carbons (Fsp3) is 0.421. The van der Waals surface area contributed by atoms with Gasteiger partial charge in [0.1, 0.15) is 0 Å². The number of nitrogens with two attached hydrogens (primary N) is 1. The zero-order valence-electron chi connectivity index (χ0n) is 12.8. The molecule has 0 aliphatic heterocycles. The van der Waals surface area contributed by atoms with Crippen LogP contribution in [0.3, 0.4) is 0 Å². The van der Waals surface area contributed by atoms with Crippen LogP contribution in [-0.4, -0.2) is 4.98 Å². The van der Waals surface area contributed by atoms with E-state index in [1.165, 1.54) is 36.1 Å². The number of pyridine rings is 1. The molecule has 1 aromatic carbocycles. The van der Waals surface area contributed by atoms with Crippen LogP contribution in [0, 0.1) is 12.8 Å². The molecule has 2 bridgehead atoms. The van der Waals surface area contributed by atoms with Crippen molar-refractivity contribution >= 4 is 16.6 Å². The lowest BCUT2D eigenvalue weighted by Crippen LogP contribution is -2.24. The van der Waals surface area contributed by atoms with Crippen LogP contribution in [0.25, 0.3) is 10.9 Å². The van der Waals surface area contributed by atoms with Crippen LogP contribution < -0.4 is 5.73 Å². The highest BCUT2D eigenvalue weighted by Crippen LogP contribution is 2.46. The summed E-state index contributed by atoms with van der Waals surface area (Å²) in [7, 11) is 0. The van der Waals surface area contributed by atoms with E-state index in [9.17, 15) is 0 Å². The average Bonchev–Trinajstić information content (AvgIpc) is 2.46. The lowest BCUT2D eigenvalue weighted by atomic mass is 9.70. The molecule has 0 radical (unpaired) electrons. The predicted molar refractivity (Wildman–Crippen MR) is 88.4 cm³/mol. The Bertz CT molecular complexity index is 758. The molecule has 2 aliphatic carbocycles. The number of nitrogens with zero attached hydrogens (tertiary/aromatic N) is 1. The molecule has 2 nitrogen and oxygen atoms in total. The summed E-state index contributed by atoms with van der Waals surface area (Å²) < 4.78 is 0. The normalized spacial score (nSPS) is 23.8. The Morgan fingerprint density at radius 3 is 2.95 bits per heavy atom. The van der Waals surface area contributed by atoms with Gasteiger partial charge in [0.25, 0.3) is 0 Å². The molecule has 0 spiro atoms. The number of aromatic nitrogens is 1. The van der Waals surface area contributed by atoms with Crippen LogP contribution >= 0.6 is 0 Å². The summed E-state index contributed by atoms with van der Waals surface area (Å²) in [6.45, 7) is 4.38. The first-order valence-electron chi connectivity index (χ1n) is 8.04. The number of fused-ring (bicyclic) bond motifs is 5. The highest BCUT2D eigenvalue weighted by Gasteiger charge is 2.33. The van der Waals surface area contributed by atoms with Crippen molar-refractivity contribution in [2.45, 2.75) is 45.4 Å². The van der Waals surface area contributed by atoms with E-state index in [-0.39, 0.29) is 0 Å². The third kappa shape index (κ3) is 1.97. The molecule has 1 aromatic heterocycles. The lowest BCUT2D eigenvalue weighted by molar-refractivity contribution is 0.429. The van der Waals surface area contributed by atoms with Crippen molar-refractivity contribution in [2.75, 3.05) is 5.73 Å². The number of aryl methyl sites for hydroxylation is 1. The first-order chi connectivity index (χ1) is 10.2. The Balaban J connectivity index is 1.92. The quantitative estimate of drug-likeness (QED) is 0.779. The topological polar surface area (TPSA) is 38.9 Å². The molecule has 2 aromatic rings. The summed E-state index contributed by atoms with van der Waals surface area (Å²) in [5.41, 5.74) is 14.0. The molecule has 0 saturated heterocycles. The zero-order valence-corrected chi connectivity index (χ0v) is 12.8. The van der Waals surface area contributed by atoms with Crippen LogP contribution in [0.5, 0.6) is 0 Å². The van der Waals surface area contributed by atoms with E-state index in [1.54, 1.807) is 5.57 Å². The Labute approximate surface area is 126 Å². The van der Waals surface area contributed by atoms with E-state index in [1.807, 2.05) is 0 Å². The SMILES string of the molecule is CCC1=C[C@@H]2Cc3nc4cc(C)ccc4c(N)c3[C@H](C1)C2. The number of anilines is 1. The number of hydrogen-bond donors (Lipinski definition) is 1. The Morgan fingerprint density at radius 1 is 1.29 bits per heavy atom. The third-order valence-electron chi connectivity index (χ3n) is 5.19. The predicted octanol–water partition coefficient (Wildman–Crippen LogP) is 4.51.